The molecule has 1 atom stereocenters. The van der Waals surface area contributed by atoms with E-state index in [4.69, 9.17) is 21.4 Å². The molecule has 1 aromatic rings. The summed E-state index contributed by atoms with van der Waals surface area (Å²) in [5, 5.41) is 9.18. The summed E-state index contributed by atoms with van der Waals surface area (Å²) in [5.74, 6) is -0.545. The van der Waals surface area contributed by atoms with Crippen LogP contribution in [0, 0.1) is 0 Å². The lowest BCUT2D eigenvalue weighted by Gasteiger charge is -2.11. The quantitative estimate of drug-likeness (QED) is 0.925. The minimum Gasteiger partial charge on any atom is -0.479 e. The molecular weight excluding hydrogens is 271 g/mol. The maximum absolute atomic E-state index is 10.5. The standard InChI is InChI=1S/C9H8BrClO3/c1-5(9(12)13)14-8-3-2-6(11)4-7(8)10/h2-5H,1H3,(H,12,13)/t5-/m0/s1. The van der Waals surface area contributed by atoms with Gasteiger partial charge in [0.05, 0.1) is 4.47 Å². The Morgan fingerprint density at radius 2 is 2.29 bits per heavy atom. The molecule has 0 spiro atoms. The van der Waals surface area contributed by atoms with Gasteiger partial charge in [-0.25, -0.2) is 4.79 Å². The first-order chi connectivity index (χ1) is 6.50. The number of carboxylic acid groups (broad SMARTS) is 1. The highest BCUT2D eigenvalue weighted by Crippen LogP contribution is 2.28. The SMILES string of the molecule is C[C@H](Oc1ccc(Cl)cc1Br)C(=O)O. The minimum atomic E-state index is -1.01. The zero-order valence-electron chi connectivity index (χ0n) is 7.33. The van der Waals surface area contributed by atoms with E-state index in [9.17, 15) is 4.79 Å². The van der Waals surface area contributed by atoms with Gasteiger partial charge >= 0.3 is 5.97 Å². The predicted molar refractivity (Wildman–Crippen MR) is 56.9 cm³/mol. The summed E-state index contributed by atoms with van der Waals surface area (Å²) in [6.07, 6.45) is -0.882. The van der Waals surface area contributed by atoms with Gasteiger partial charge in [0.1, 0.15) is 5.75 Å². The molecule has 0 aliphatic rings. The van der Waals surface area contributed by atoms with Gasteiger partial charge in [0, 0.05) is 5.02 Å². The van der Waals surface area contributed by atoms with E-state index in [0.717, 1.165) is 0 Å². The number of benzene rings is 1. The van der Waals surface area contributed by atoms with Crippen molar-refractivity contribution < 1.29 is 14.6 Å². The molecule has 0 bridgehead atoms. The third-order valence-electron chi connectivity index (χ3n) is 1.55. The first-order valence-electron chi connectivity index (χ1n) is 3.85. The van der Waals surface area contributed by atoms with Crippen LogP contribution in [0.15, 0.2) is 22.7 Å². The molecule has 0 aliphatic heterocycles. The highest BCUT2D eigenvalue weighted by molar-refractivity contribution is 9.10. The van der Waals surface area contributed by atoms with Crippen LogP contribution in [0.3, 0.4) is 0 Å². The normalized spacial score (nSPS) is 12.2. The fourth-order valence-electron chi connectivity index (χ4n) is 0.812. The number of ether oxygens (including phenoxy) is 1. The lowest BCUT2D eigenvalue weighted by Crippen LogP contribution is -2.22. The van der Waals surface area contributed by atoms with E-state index < -0.39 is 12.1 Å². The summed E-state index contributed by atoms with van der Waals surface area (Å²) in [4.78, 5) is 10.5. The van der Waals surface area contributed by atoms with Crippen molar-refractivity contribution in [3.8, 4) is 5.75 Å². The van der Waals surface area contributed by atoms with Crippen molar-refractivity contribution >= 4 is 33.5 Å². The molecule has 0 aromatic heterocycles. The third-order valence-corrected chi connectivity index (χ3v) is 2.40. The summed E-state index contributed by atoms with van der Waals surface area (Å²) in [6.45, 7) is 1.46. The lowest BCUT2D eigenvalue weighted by molar-refractivity contribution is -0.144. The van der Waals surface area contributed by atoms with Crippen molar-refractivity contribution in [3.63, 3.8) is 0 Å². The van der Waals surface area contributed by atoms with Crippen LogP contribution >= 0.6 is 27.5 Å². The van der Waals surface area contributed by atoms with Crippen LogP contribution in [0.5, 0.6) is 5.75 Å². The van der Waals surface area contributed by atoms with Crippen LogP contribution in [0.25, 0.3) is 0 Å². The molecule has 0 amide bonds. The van der Waals surface area contributed by atoms with Crippen LogP contribution < -0.4 is 4.74 Å². The molecule has 1 N–H and O–H groups in total. The monoisotopic (exact) mass is 278 g/mol. The Hall–Kier alpha value is -0.740. The number of aliphatic carboxylic acids is 1. The fourth-order valence-corrected chi connectivity index (χ4v) is 1.59. The van der Waals surface area contributed by atoms with Gasteiger partial charge in [-0.05, 0) is 41.1 Å². The van der Waals surface area contributed by atoms with Crippen molar-refractivity contribution in [3.05, 3.63) is 27.7 Å². The van der Waals surface area contributed by atoms with Gasteiger partial charge in [0.2, 0.25) is 0 Å². The highest BCUT2D eigenvalue weighted by Gasteiger charge is 2.13. The fraction of sp³-hybridized carbons (Fsp3) is 0.222. The van der Waals surface area contributed by atoms with E-state index in [1.54, 1.807) is 18.2 Å². The molecule has 0 fully saturated rings. The molecule has 0 saturated heterocycles. The van der Waals surface area contributed by atoms with Crippen LogP contribution in [0.2, 0.25) is 5.02 Å². The Kier molecular flexibility index (Phi) is 3.77. The molecule has 0 saturated carbocycles. The average Bonchev–Trinajstić information content (AvgIpc) is 2.09. The second kappa shape index (κ2) is 4.66. The van der Waals surface area contributed by atoms with Gasteiger partial charge < -0.3 is 9.84 Å². The second-order valence-corrected chi connectivity index (χ2v) is 3.96. The number of carbonyl (C=O) groups is 1. The van der Waals surface area contributed by atoms with Gasteiger partial charge in [-0.3, -0.25) is 0 Å². The summed E-state index contributed by atoms with van der Waals surface area (Å²) in [7, 11) is 0. The molecule has 0 aliphatic carbocycles. The van der Waals surface area contributed by atoms with E-state index in [2.05, 4.69) is 15.9 Å². The highest BCUT2D eigenvalue weighted by atomic mass is 79.9. The van der Waals surface area contributed by atoms with Crippen molar-refractivity contribution in [2.24, 2.45) is 0 Å². The van der Waals surface area contributed by atoms with E-state index in [0.29, 0.717) is 15.2 Å². The van der Waals surface area contributed by atoms with Crippen LogP contribution in [-0.4, -0.2) is 17.2 Å². The molecule has 1 aromatic carbocycles. The Morgan fingerprint density at radius 1 is 1.64 bits per heavy atom. The predicted octanol–water partition coefficient (Wildman–Crippen LogP) is 2.95. The number of carboxylic acids is 1. The molecular formula is C9H8BrClO3. The summed E-state index contributed by atoms with van der Waals surface area (Å²) >= 11 is 8.94. The van der Waals surface area contributed by atoms with Crippen molar-refractivity contribution in [2.75, 3.05) is 0 Å². The minimum absolute atomic E-state index is 0.462. The molecule has 0 radical (unpaired) electrons. The van der Waals surface area contributed by atoms with Crippen molar-refractivity contribution in [1.29, 1.82) is 0 Å². The van der Waals surface area contributed by atoms with Crippen LogP contribution in [0.1, 0.15) is 6.92 Å². The van der Waals surface area contributed by atoms with Gasteiger partial charge in [-0.1, -0.05) is 11.6 Å². The number of rotatable bonds is 3. The van der Waals surface area contributed by atoms with E-state index in [1.165, 1.54) is 6.92 Å². The Bertz CT molecular complexity index is 354. The number of halogens is 2. The summed E-state index contributed by atoms with van der Waals surface area (Å²) in [5.41, 5.74) is 0. The van der Waals surface area contributed by atoms with Gasteiger partial charge in [-0.15, -0.1) is 0 Å². The molecule has 0 unspecified atom stereocenters. The summed E-state index contributed by atoms with van der Waals surface area (Å²) in [6, 6.07) is 4.90. The second-order valence-electron chi connectivity index (χ2n) is 2.67. The third kappa shape index (κ3) is 2.89. The largest absolute Gasteiger partial charge is 0.479 e. The topological polar surface area (TPSA) is 46.5 Å². The number of hydrogen-bond acceptors (Lipinski definition) is 2. The first-order valence-corrected chi connectivity index (χ1v) is 5.02. The van der Waals surface area contributed by atoms with Gasteiger partial charge in [-0.2, -0.15) is 0 Å². The van der Waals surface area contributed by atoms with E-state index >= 15 is 0 Å². The maximum atomic E-state index is 10.5. The first kappa shape index (κ1) is 11.3. The molecule has 3 nitrogen and oxygen atoms in total. The van der Waals surface area contributed by atoms with E-state index in [-0.39, 0.29) is 0 Å². The van der Waals surface area contributed by atoms with E-state index in [1.807, 2.05) is 0 Å². The summed E-state index contributed by atoms with van der Waals surface area (Å²) < 4.78 is 5.79. The van der Waals surface area contributed by atoms with Gasteiger partial charge in [0.25, 0.3) is 0 Å². The molecule has 14 heavy (non-hydrogen) atoms. The number of hydrogen-bond donors (Lipinski definition) is 1. The zero-order chi connectivity index (χ0) is 10.7. The molecule has 76 valence electrons. The maximum Gasteiger partial charge on any atom is 0.344 e. The zero-order valence-corrected chi connectivity index (χ0v) is 9.67. The van der Waals surface area contributed by atoms with Crippen LogP contribution in [0.4, 0.5) is 0 Å². The molecule has 0 heterocycles. The smallest absolute Gasteiger partial charge is 0.344 e. The Labute approximate surface area is 94.8 Å². The Balaban J connectivity index is 2.82. The van der Waals surface area contributed by atoms with Crippen molar-refractivity contribution in [1.82, 2.24) is 0 Å². The van der Waals surface area contributed by atoms with Crippen molar-refractivity contribution in [2.45, 2.75) is 13.0 Å². The lowest BCUT2D eigenvalue weighted by atomic mass is 10.3. The van der Waals surface area contributed by atoms with Gasteiger partial charge in [0.15, 0.2) is 6.10 Å². The molecule has 1 rings (SSSR count). The molecule has 5 heteroatoms. The Morgan fingerprint density at radius 3 is 2.79 bits per heavy atom. The average molecular weight is 280 g/mol. The van der Waals surface area contributed by atoms with Crippen LogP contribution in [-0.2, 0) is 4.79 Å².